The Morgan fingerprint density at radius 2 is 2.00 bits per heavy atom. The standard InChI is InChI=1S/C10H13NO/c11-4-3-9-7-1-2-8(5-7)10(9)6-12/h1-2,7-10,12H,3,5-6H2/t7-,8+,9+,10+/m0/s1. The fourth-order valence-corrected chi connectivity index (χ4v) is 2.71. The van der Waals surface area contributed by atoms with Crippen LogP contribution in [0.3, 0.4) is 0 Å². The second kappa shape index (κ2) is 2.91. The first kappa shape index (κ1) is 7.82. The SMILES string of the molecule is N#CC[C@H]1[C@H](CO)[C@@H]2C=C[C@H]1C2. The summed E-state index contributed by atoms with van der Waals surface area (Å²) in [6.07, 6.45) is 6.20. The predicted molar refractivity (Wildman–Crippen MR) is 45.0 cm³/mol. The van der Waals surface area contributed by atoms with Gasteiger partial charge in [0.15, 0.2) is 0 Å². The third-order valence-electron chi connectivity index (χ3n) is 3.34. The molecular formula is C10H13NO. The van der Waals surface area contributed by atoms with E-state index in [0.717, 1.165) is 6.42 Å². The average molecular weight is 163 g/mol. The smallest absolute Gasteiger partial charge is 0.0625 e. The van der Waals surface area contributed by atoms with Crippen LogP contribution in [-0.4, -0.2) is 11.7 Å². The summed E-state index contributed by atoms with van der Waals surface area (Å²) >= 11 is 0. The lowest BCUT2D eigenvalue weighted by Gasteiger charge is -2.23. The van der Waals surface area contributed by atoms with Crippen LogP contribution in [0.2, 0.25) is 0 Å². The lowest BCUT2D eigenvalue weighted by atomic mass is 9.82. The van der Waals surface area contributed by atoms with Crippen LogP contribution in [0.25, 0.3) is 0 Å². The zero-order chi connectivity index (χ0) is 8.55. The van der Waals surface area contributed by atoms with Gasteiger partial charge in [0, 0.05) is 13.0 Å². The highest BCUT2D eigenvalue weighted by Crippen LogP contribution is 2.48. The van der Waals surface area contributed by atoms with Crippen molar-refractivity contribution in [3.63, 3.8) is 0 Å². The molecule has 0 heterocycles. The van der Waals surface area contributed by atoms with Crippen LogP contribution in [0.1, 0.15) is 12.8 Å². The van der Waals surface area contributed by atoms with Gasteiger partial charge in [0.25, 0.3) is 0 Å². The summed E-state index contributed by atoms with van der Waals surface area (Å²) in [5.41, 5.74) is 0. The molecule has 1 N–H and O–H groups in total. The van der Waals surface area contributed by atoms with E-state index in [1.807, 2.05) is 0 Å². The van der Waals surface area contributed by atoms with E-state index in [2.05, 4.69) is 18.2 Å². The Labute approximate surface area is 72.5 Å². The van der Waals surface area contributed by atoms with Gasteiger partial charge in [0.05, 0.1) is 6.07 Å². The second-order valence-corrected chi connectivity index (χ2v) is 3.82. The lowest BCUT2D eigenvalue weighted by molar-refractivity contribution is 0.165. The van der Waals surface area contributed by atoms with Crippen molar-refractivity contribution in [2.45, 2.75) is 12.8 Å². The van der Waals surface area contributed by atoms with Crippen molar-refractivity contribution in [3.8, 4) is 6.07 Å². The van der Waals surface area contributed by atoms with Gasteiger partial charge in [-0.15, -0.1) is 0 Å². The minimum atomic E-state index is 0.248. The van der Waals surface area contributed by atoms with Crippen molar-refractivity contribution in [2.75, 3.05) is 6.61 Å². The topological polar surface area (TPSA) is 44.0 Å². The Balaban J connectivity index is 2.13. The van der Waals surface area contributed by atoms with Gasteiger partial charge in [0.1, 0.15) is 0 Å². The lowest BCUT2D eigenvalue weighted by Crippen LogP contribution is -2.22. The first-order chi connectivity index (χ1) is 5.86. The first-order valence-electron chi connectivity index (χ1n) is 4.53. The van der Waals surface area contributed by atoms with E-state index in [1.54, 1.807) is 0 Å². The second-order valence-electron chi connectivity index (χ2n) is 3.82. The van der Waals surface area contributed by atoms with E-state index < -0.39 is 0 Å². The Kier molecular flexibility index (Phi) is 1.90. The van der Waals surface area contributed by atoms with E-state index >= 15 is 0 Å². The molecule has 2 nitrogen and oxygen atoms in total. The largest absolute Gasteiger partial charge is 0.396 e. The van der Waals surface area contributed by atoms with Gasteiger partial charge in [-0.3, -0.25) is 0 Å². The number of nitriles is 1. The van der Waals surface area contributed by atoms with Crippen molar-refractivity contribution < 1.29 is 5.11 Å². The molecule has 2 aliphatic rings. The van der Waals surface area contributed by atoms with Gasteiger partial charge in [-0.25, -0.2) is 0 Å². The van der Waals surface area contributed by atoms with Gasteiger partial charge in [-0.1, -0.05) is 12.2 Å². The molecule has 2 rings (SSSR count). The Morgan fingerprint density at radius 1 is 1.33 bits per heavy atom. The van der Waals surface area contributed by atoms with Gasteiger partial charge < -0.3 is 5.11 Å². The molecule has 12 heavy (non-hydrogen) atoms. The Bertz CT molecular complexity index is 241. The monoisotopic (exact) mass is 163 g/mol. The maximum atomic E-state index is 9.14. The molecule has 1 saturated carbocycles. The molecule has 0 radical (unpaired) electrons. The molecule has 0 aromatic heterocycles. The Morgan fingerprint density at radius 3 is 2.58 bits per heavy atom. The fourth-order valence-electron chi connectivity index (χ4n) is 2.71. The summed E-state index contributed by atoms with van der Waals surface area (Å²) in [4.78, 5) is 0. The molecule has 2 heteroatoms. The molecule has 1 fully saturated rings. The molecule has 0 spiro atoms. The first-order valence-corrected chi connectivity index (χ1v) is 4.53. The molecule has 0 aliphatic heterocycles. The molecule has 4 atom stereocenters. The summed E-state index contributed by atoms with van der Waals surface area (Å²) < 4.78 is 0. The van der Waals surface area contributed by atoms with Gasteiger partial charge in [-0.05, 0) is 30.1 Å². The van der Waals surface area contributed by atoms with E-state index in [1.165, 1.54) is 0 Å². The fraction of sp³-hybridized carbons (Fsp3) is 0.700. The minimum absolute atomic E-state index is 0.248. The van der Waals surface area contributed by atoms with Crippen LogP contribution in [-0.2, 0) is 0 Å². The van der Waals surface area contributed by atoms with E-state index in [0.29, 0.717) is 30.1 Å². The molecule has 0 aromatic carbocycles. The van der Waals surface area contributed by atoms with Gasteiger partial charge in [0.2, 0.25) is 0 Å². The number of hydrogen-bond acceptors (Lipinski definition) is 2. The van der Waals surface area contributed by atoms with Crippen LogP contribution in [0.15, 0.2) is 12.2 Å². The summed E-state index contributed by atoms with van der Waals surface area (Å²) in [6, 6.07) is 2.21. The zero-order valence-electron chi connectivity index (χ0n) is 6.98. The number of allylic oxidation sites excluding steroid dienone is 2. The molecule has 0 aromatic rings. The van der Waals surface area contributed by atoms with E-state index in [-0.39, 0.29) is 6.61 Å². The molecule has 64 valence electrons. The maximum absolute atomic E-state index is 9.14. The van der Waals surface area contributed by atoms with E-state index in [4.69, 9.17) is 10.4 Å². The van der Waals surface area contributed by atoms with Crippen molar-refractivity contribution in [1.82, 2.24) is 0 Å². The third-order valence-corrected chi connectivity index (χ3v) is 3.34. The number of hydrogen-bond donors (Lipinski definition) is 1. The number of nitrogens with zero attached hydrogens (tertiary/aromatic N) is 1. The maximum Gasteiger partial charge on any atom is 0.0625 e. The van der Waals surface area contributed by atoms with Crippen molar-refractivity contribution in [1.29, 1.82) is 5.26 Å². The molecule has 2 bridgehead atoms. The molecular weight excluding hydrogens is 150 g/mol. The summed E-state index contributed by atoms with van der Waals surface area (Å²) in [5, 5.41) is 17.8. The van der Waals surface area contributed by atoms with Gasteiger partial charge >= 0.3 is 0 Å². The predicted octanol–water partition coefficient (Wildman–Crippen LogP) is 1.33. The zero-order valence-corrected chi connectivity index (χ0v) is 6.98. The molecule has 0 unspecified atom stereocenters. The van der Waals surface area contributed by atoms with Crippen LogP contribution in [0.5, 0.6) is 0 Å². The number of aliphatic hydroxyl groups is 1. The summed E-state index contributed by atoms with van der Waals surface area (Å²) in [6.45, 7) is 0.248. The molecule has 2 aliphatic carbocycles. The van der Waals surface area contributed by atoms with Gasteiger partial charge in [-0.2, -0.15) is 5.26 Å². The van der Waals surface area contributed by atoms with Crippen LogP contribution in [0, 0.1) is 35.0 Å². The summed E-state index contributed by atoms with van der Waals surface area (Å²) in [7, 11) is 0. The quantitative estimate of drug-likeness (QED) is 0.624. The highest BCUT2D eigenvalue weighted by molar-refractivity contribution is 5.14. The Hall–Kier alpha value is -0.810. The number of fused-ring (bicyclic) bond motifs is 2. The molecule has 0 saturated heterocycles. The van der Waals surface area contributed by atoms with Crippen molar-refractivity contribution in [2.24, 2.45) is 23.7 Å². The number of rotatable bonds is 2. The average Bonchev–Trinajstić information content (AvgIpc) is 2.64. The van der Waals surface area contributed by atoms with Crippen LogP contribution in [0.4, 0.5) is 0 Å². The number of aliphatic hydroxyl groups excluding tert-OH is 1. The highest BCUT2D eigenvalue weighted by atomic mass is 16.3. The molecule has 0 amide bonds. The van der Waals surface area contributed by atoms with Crippen molar-refractivity contribution in [3.05, 3.63) is 12.2 Å². The summed E-state index contributed by atoms with van der Waals surface area (Å²) in [5.74, 6) is 1.92. The minimum Gasteiger partial charge on any atom is -0.396 e. The third kappa shape index (κ3) is 0.971. The van der Waals surface area contributed by atoms with Crippen LogP contribution >= 0.6 is 0 Å². The van der Waals surface area contributed by atoms with Crippen LogP contribution < -0.4 is 0 Å². The highest BCUT2D eigenvalue weighted by Gasteiger charge is 2.43. The normalized spacial score (nSPS) is 43.3. The van der Waals surface area contributed by atoms with E-state index in [9.17, 15) is 0 Å². The van der Waals surface area contributed by atoms with Crippen molar-refractivity contribution >= 4 is 0 Å².